The van der Waals surface area contributed by atoms with Gasteiger partial charge >= 0.3 is 0 Å². The summed E-state index contributed by atoms with van der Waals surface area (Å²) in [4.78, 5) is 20.0. The van der Waals surface area contributed by atoms with E-state index >= 15 is 0 Å². The molecule has 1 aliphatic rings. The monoisotopic (exact) mass is 451 g/mol. The molecule has 34 heavy (non-hydrogen) atoms. The molecule has 4 rings (SSSR count). The van der Waals surface area contributed by atoms with Crippen molar-refractivity contribution in [1.82, 2.24) is 4.98 Å². The van der Waals surface area contributed by atoms with Crippen molar-refractivity contribution in [1.29, 1.82) is 0 Å². The van der Waals surface area contributed by atoms with Crippen molar-refractivity contribution >= 4 is 11.6 Å². The van der Waals surface area contributed by atoms with Crippen LogP contribution in [-0.4, -0.2) is 23.5 Å². The summed E-state index contributed by atoms with van der Waals surface area (Å²) in [5.41, 5.74) is 11.6. The Hall–Kier alpha value is -3.42. The van der Waals surface area contributed by atoms with E-state index in [4.69, 9.17) is 5.73 Å². The second-order valence-corrected chi connectivity index (χ2v) is 9.20. The fourth-order valence-corrected chi connectivity index (χ4v) is 4.33. The number of anilines is 1. The van der Waals surface area contributed by atoms with Crippen LogP contribution in [0.1, 0.15) is 50.8 Å². The number of nitrogens with two attached hydrogens (primary N) is 1. The molecule has 1 amide bonds. The van der Waals surface area contributed by atoms with Crippen LogP contribution in [0.25, 0.3) is 11.1 Å². The van der Waals surface area contributed by atoms with Gasteiger partial charge in [-0.2, -0.15) is 0 Å². The van der Waals surface area contributed by atoms with E-state index in [1.54, 1.807) is 6.20 Å². The third kappa shape index (κ3) is 5.38. The summed E-state index contributed by atoms with van der Waals surface area (Å²) >= 11 is 0. The van der Waals surface area contributed by atoms with Gasteiger partial charge in [-0.3, -0.25) is 9.78 Å². The average molecular weight is 452 g/mol. The third-order valence-corrected chi connectivity index (χ3v) is 6.88. The number of hydrogen-bond donors (Lipinski definition) is 1. The zero-order chi connectivity index (χ0) is 24.1. The van der Waals surface area contributed by atoms with Crippen LogP contribution < -0.4 is 10.6 Å². The smallest absolute Gasteiger partial charge is 0.230 e. The lowest BCUT2D eigenvalue weighted by atomic mass is 9.98. The number of carbonyl (C=O) groups excluding carboxylic acids is 1. The number of amides is 1. The van der Waals surface area contributed by atoms with Crippen LogP contribution >= 0.6 is 0 Å². The number of benzene rings is 2. The van der Waals surface area contributed by atoms with Gasteiger partial charge in [0, 0.05) is 47.6 Å². The Kier molecular flexibility index (Phi) is 7.45. The van der Waals surface area contributed by atoms with Gasteiger partial charge < -0.3 is 10.6 Å². The quantitative estimate of drug-likeness (QED) is 0.452. The molecule has 174 valence electrons. The number of nitrogens with zero attached hydrogens (tertiary/aromatic N) is 2. The van der Waals surface area contributed by atoms with Gasteiger partial charge in [-0.25, -0.2) is 0 Å². The second-order valence-electron chi connectivity index (χ2n) is 9.20. The van der Waals surface area contributed by atoms with Crippen LogP contribution in [0.2, 0.25) is 0 Å². The van der Waals surface area contributed by atoms with Gasteiger partial charge in [0.05, 0.1) is 0 Å². The molecule has 0 saturated heterocycles. The zero-order valence-corrected chi connectivity index (χ0v) is 20.2. The maximum Gasteiger partial charge on any atom is 0.230 e. The molecule has 4 heteroatoms. The molecule has 1 heterocycles. The summed E-state index contributed by atoms with van der Waals surface area (Å²) in [5.74, 6) is 6.64. The largest absolute Gasteiger partial charge is 0.326 e. The first-order valence-electron chi connectivity index (χ1n) is 12.1. The number of pyridine rings is 1. The van der Waals surface area contributed by atoms with Gasteiger partial charge in [-0.05, 0) is 66.8 Å². The van der Waals surface area contributed by atoms with Gasteiger partial charge in [0.1, 0.15) is 0 Å². The van der Waals surface area contributed by atoms with Gasteiger partial charge in [-0.15, -0.1) is 5.92 Å². The fourth-order valence-electron chi connectivity index (χ4n) is 4.33. The zero-order valence-electron chi connectivity index (χ0n) is 20.2. The van der Waals surface area contributed by atoms with Crippen molar-refractivity contribution < 1.29 is 4.79 Å². The highest BCUT2D eigenvalue weighted by molar-refractivity contribution is 5.97. The Balaban J connectivity index is 1.56. The van der Waals surface area contributed by atoms with Gasteiger partial charge in [-0.1, -0.05) is 56.5 Å². The Bertz CT molecular complexity index is 1160. The molecule has 0 bridgehead atoms. The van der Waals surface area contributed by atoms with E-state index < -0.39 is 0 Å². The highest BCUT2D eigenvalue weighted by Crippen LogP contribution is 2.48. The van der Waals surface area contributed by atoms with Crippen LogP contribution in [0.3, 0.4) is 0 Å². The van der Waals surface area contributed by atoms with E-state index in [1.807, 2.05) is 54.3 Å². The van der Waals surface area contributed by atoms with E-state index in [9.17, 15) is 4.79 Å². The molecule has 1 saturated carbocycles. The summed E-state index contributed by atoms with van der Waals surface area (Å²) in [7, 11) is 0. The third-order valence-electron chi connectivity index (χ3n) is 6.88. The van der Waals surface area contributed by atoms with Crippen LogP contribution in [0.5, 0.6) is 0 Å². The van der Waals surface area contributed by atoms with Crippen molar-refractivity contribution in [3.63, 3.8) is 0 Å². The lowest BCUT2D eigenvalue weighted by molar-refractivity contribution is -0.120. The molecule has 3 aromatic rings. The maximum atomic E-state index is 13.6. The Morgan fingerprint density at radius 3 is 2.35 bits per heavy atom. The van der Waals surface area contributed by atoms with Crippen LogP contribution in [0.15, 0.2) is 72.9 Å². The van der Waals surface area contributed by atoms with Crippen molar-refractivity contribution in [3.05, 3.63) is 84.2 Å². The number of rotatable bonds is 8. The van der Waals surface area contributed by atoms with E-state index in [1.165, 1.54) is 0 Å². The molecule has 1 fully saturated rings. The Morgan fingerprint density at radius 2 is 1.76 bits per heavy atom. The van der Waals surface area contributed by atoms with Crippen molar-refractivity contribution in [2.24, 2.45) is 17.6 Å². The highest BCUT2D eigenvalue weighted by Gasteiger charge is 2.47. The van der Waals surface area contributed by atoms with Gasteiger partial charge in [0.25, 0.3) is 0 Å². The summed E-state index contributed by atoms with van der Waals surface area (Å²) in [5, 5.41) is 0. The number of hydrogen-bond acceptors (Lipinski definition) is 3. The standard InChI is InChI=1S/C30H33N3O/c1-4-8-22-10-12-23(13-11-22)24-14-16-25(17-15-24)33(20-28(31)21(3)5-2)30(34)27-19-26(27)29-9-6-7-18-32-29/h6-7,9-18,21,26-28H,5,19-20,31H2,1-3H3. The van der Waals surface area contributed by atoms with E-state index in [-0.39, 0.29) is 23.8 Å². The normalized spacial score (nSPS) is 18.4. The molecule has 0 spiro atoms. The van der Waals surface area contributed by atoms with Crippen LogP contribution in [-0.2, 0) is 4.79 Å². The second kappa shape index (κ2) is 10.7. The lowest BCUT2D eigenvalue weighted by Crippen LogP contribution is -2.45. The molecule has 2 N–H and O–H groups in total. The SMILES string of the molecule is CC#Cc1ccc(-c2ccc(N(CC(N)C(C)CC)C(=O)C3CC3c3ccccn3)cc2)cc1. The highest BCUT2D eigenvalue weighted by atomic mass is 16.2. The van der Waals surface area contributed by atoms with E-state index in [0.29, 0.717) is 12.5 Å². The minimum absolute atomic E-state index is 0.0362. The van der Waals surface area contributed by atoms with Gasteiger partial charge in [0.2, 0.25) is 5.91 Å². The summed E-state index contributed by atoms with van der Waals surface area (Å²) in [6.07, 6.45) is 3.63. The van der Waals surface area contributed by atoms with Crippen molar-refractivity contribution in [3.8, 4) is 23.0 Å². The molecule has 0 radical (unpaired) electrons. The molecule has 1 aliphatic carbocycles. The molecule has 0 aliphatic heterocycles. The topological polar surface area (TPSA) is 59.2 Å². The Labute approximate surface area is 203 Å². The van der Waals surface area contributed by atoms with E-state index in [2.05, 4.69) is 54.9 Å². The Morgan fingerprint density at radius 1 is 1.09 bits per heavy atom. The summed E-state index contributed by atoms with van der Waals surface area (Å²) in [6.45, 7) is 6.65. The molecule has 4 atom stereocenters. The molecule has 1 aromatic heterocycles. The predicted octanol–water partition coefficient (Wildman–Crippen LogP) is 5.63. The maximum absolute atomic E-state index is 13.6. The average Bonchev–Trinajstić information content (AvgIpc) is 3.69. The fraction of sp³-hybridized carbons (Fsp3) is 0.333. The van der Waals surface area contributed by atoms with Crippen LogP contribution in [0.4, 0.5) is 5.69 Å². The number of carbonyl (C=O) groups is 1. The van der Waals surface area contributed by atoms with Gasteiger partial charge in [0.15, 0.2) is 0 Å². The first kappa shape index (κ1) is 23.7. The summed E-state index contributed by atoms with van der Waals surface area (Å²) < 4.78 is 0. The molecular weight excluding hydrogens is 418 g/mol. The molecule has 4 unspecified atom stereocenters. The first-order chi connectivity index (χ1) is 16.5. The molecule has 2 aromatic carbocycles. The summed E-state index contributed by atoms with van der Waals surface area (Å²) in [6, 6.07) is 22.3. The van der Waals surface area contributed by atoms with Crippen molar-refractivity contribution in [2.45, 2.75) is 45.6 Å². The number of aromatic nitrogens is 1. The van der Waals surface area contributed by atoms with E-state index in [0.717, 1.165) is 40.9 Å². The van der Waals surface area contributed by atoms with Crippen molar-refractivity contribution in [2.75, 3.05) is 11.4 Å². The minimum Gasteiger partial charge on any atom is -0.326 e. The first-order valence-corrected chi connectivity index (χ1v) is 12.1. The minimum atomic E-state index is -0.0760. The molecule has 4 nitrogen and oxygen atoms in total. The van der Waals surface area contributed by atoms with Crippen LogP contribution in [0, 0.1) is 23.7 Å². The molecular formula is C30H33N3O. The lowest BCUT2D eigenvalue weighted by Gasteiger charge is -2.29. The predicted molar refractivity (Wildman–Crippen MR) is 139 cm³/mol.